The van der Waals surface area contributed by atoms with Gasteiger partial charge in [0, 0.05) is 12.2 Å². The van der Waals surface area contributed by atoms with E-state index in [-0.39, 0.29) is 12.5 Å². The summed E-state index contributed by atoms with van der Waals surface area (Å²) in [6.07, 6.45) is 0. The van der Waals surface area contributed by atoms with E-state index >= 15 is 0 Å². The molecule has 1 rings (SSSR count). The van der Waals surface area contributed by atoms with Crippen LogP contribution in [0.2, 0.25) is 0 Å². The molecule has 118 valence electrons. The molecule has 1 aromatic rings. The van der Waals surface area contributed by atoms with Gasteiger partial charge in [0.15, 0.2) is 0 Å². The molecule has 0 aliphatic rings. The Morgan fingerprint density at radius 1 is 1.29 bits per heavy atom. The molecule has 0 spiro atoms. The van der Waals surface area contributed by atoms with E-state index in [2.05, 4.69) is 5.32 Å². The number of nitrogens with one attached hydrogen (secondary N) is 1. The maximum Gasteiger partial charge on any atom is 0.238 e. The fraction of sp³-hybridized carbons (Fsp3) is 0.562. The predicted molar refractivity (Wildman–Crippen MR) is 84.7 cm³/mol. The molecule has 2 N–H and O–H groups in total. The Balaban J connectivity index is 2.52. The molecule has 1 aromatic carbocycles. The monoisotopic (exact) mass is 294 g/mol. The zero-order valence-electron chi connectivity index (χ0n) is 13.3. The molecule has 0 bridgehead atoms. The summed E-state index contributed by atoms with van der Waals surface area (Å²) in [4.78, 5) is 13.9. The SMILES string of the molecule is CCOc1ccc(NC(=O)CN(CC)CC(C)(C)O)cc1. The van der Waals surface area contributed by atoms with Crippen LogP contribution >= 0.6 is 0 Å². The van der Waals surface area contributed by atoms with E-state index in [0.717, 1.165) is 11.4 Å². The van der Waals surface area contributed by atoms with E-state index in [9.17, 15) is 9.90 Å². The van der Waals surface area contributed by atoms with Gasteiger partial charge in [-0.05, 0) is 51.6 Å². The van der Waals surface area contributed by atoms with Crippen molar-refractivity contribution in [1.29, 1.82) is 0 Å². The lowest BCUT2D eigenvalue weighted by Gasteiger charge is -2.27. The summed E-state index contributed by atoms with van der Waals surface area (Å²) in [6, 6.07) is 7.28. The van der Waals surface area contributed by atoms with Crippen molar-refractivity contribution in [3.63, 3.8) is 0 Å². The zero-order chi connectivity index (χ0) is 15.9. The van der Waals surface area contributed by atoms with Crippen LogP contribution in [0.15, 0.2) is 24.3 Å². The van der Waals surface area contributed by atoms with Gasteiger partial charge in [-0.3, -0.25) is 9.69 Å². The number of nitrogens with zero attached hydrogens (tertiary/aromatic N) is 1. The molecule has 1 amide bonds. The summed E-state index contributed by atoms with van der Waals surface area (Å²) in [5, 5.41) is 12.7. The Kier molecular flexibility index (Phi) is 6.65. The second-order valence-corrected chi connectivity index (χ2v) is 5.62. The van der Waals surface area contributed by atoms with Gasteiger partial charge in [0.25, 0.3) is 0 Å². The average molecular weight is 294 g/mol. The number of anilines is 1. The first kappa shape index (κ1) is 17.5. The third kappa shape index (κ3) is 7.11. The molecule has 0 saturated heterocycles. The number of amides is 1. The first-order valence-corrected chi connectivity index (χ1v) is 7.31. The molecular weight excluding hydrogens is 268 g/mol. The molecule has 0 aliphatic carbocycles. The van der Waals surface area contributed by atoms with Crippen molar-refractivity contribution in [2.45, 2.75) is 33.3 Å². The van der Waals surface area contributed by atoms with Gasteiger partial charge in [-0.1, -0.05) is 6.92 Å². The normalized spacial score (nSPS) is 11.5. The van der Waals surface area contributed by atoms with Crippen molar-refractivity contribution in [1.82, 2.24) is 4.90 Å². The van der Waals surface area contributed by atoms with Crippen molar-refractivity contribution in [2.75, 3.05) is 31.6 Å². The maximum atomic E-state index is 12.0. The van der Waals surface area contributed by atoms with E-state index < -0.39 is 5.60 Å². The summed E-state index contributed by atoms with van der Waals surface area (Å²) >= 11 is 0. The minimum atomic E-state index is -0.810. The zero-order valence-corrected chi connectivity index (χ0v) is 13.3. The molecule has 0 unspecified atom stereocenters. The highest BCUT2D eigenvalue weighted by Crippen LogP contribution is 2.15. The van der Waals surface area contributed by atoms with Gasteiger partial charge >= 0.3 is 0 Å². The highest BCUT2D eigenvalue weighted by atomic mass is 16.5. The molecule has 0 fully saturated rings. The van der Waals surface area contributed by atoms with Crippen LogP contribution in [0.25, 0.3) is 0 Å². The second kappa shape index (κ2) is 8.00. The maximum absolute atomic E-state index is 12.0. The van der Waals surface area contributed by atoms with E-state index in [0.29, 0.717) is 19.7 Å². The van der Waals surface area contributed by atoms with Crippen LogP contribution in [0.5, 0.6) is 5.75 Å². The third-order valence-corrected chi connectivity index (χ3v) is 2.87. The summed E-state index contributed by atoms with van der Waals surface area (Å²) in [6.45, 7) is 9.41. The Hall–Kier alpha value is -1.59. The molecule has 0 heterocycles. The van der Waals surface area contributed by atoms with Gasteiger partial charge in [0.1, 0.15) is 5.75 Å². The first-order valence-electron chi connectivity index (χ1n) is 7.31. The molecule has 0 radical (unpaired) electrons. The Morgan fingerprint density at radius 3 is 2.38 bits per heavy atom. The van der Waals surface area contributed by atoms with E-state index in [1.807, 2.05) is 43.0 Å². The minimum Gasteiger partial charge on any atom is -0.494 e. The fourth-order valence-corrected chi connectivity index (χ4v) is 2.03. The topological polar surface area (TPSA) is 61.8 Å². The van der Waals surface area contributed by atoms with Crippen molar-refractivity contribution in [3.05, 3.63) is 24.3 Å². The van der Waals surface area contributed by atoms with E-state index in [4.69, 9.17) is 4.74 Å². The van der Waals surface area contributed by atoms with Crippen LogP contribution in [-0.2, 0) is 4.79 Å². The van der Waals surface area contributed by atoms with Crippen LogP contribution < -0.4 is 10.1 Å². The first-order chi connectivity index (χ1) is 9.84. The molecular formula is C16H26N2O3. The quantitative estimate of drug-likeness (QED) is 0.771. The van der Waals surface area contributed by atoms with Gasteiger partial charge in [0.2, 0.25) is 5.91 Å². The lowest BCUT2D eigenvalue weighted by molar-refractivity contribution is -0.117. The summed E-state index contributed by atoms with van der Waals surface area (Å²) in [5.74, 6) is 0.693. The highest BCUT2D eigenvalue weighted by Gasteiger charge is 2.19. The van der Waals surface area contributed by atoms with Crippen LogP contribution in [0.3, 0.4) is 0 Å². The molecule has 21 heavy (non-hydrogen) atoms. The minimum absolute atomic E-state index is 0.0924. The summed E-state index contributed by atoms with van der Waals surface area (Å²) in [7, 11) is 0. The van der Waals surface area contributed by atoms with Crippen LogP contribution in [0.4, 0.5) is 5.69 Å². The van der Waals surface area contributed by atoms with E-state index in [1.54, 1.807) is 13.8 Å². The molecule has 5 heteroatoms. The number of rotatable bonds is 8. The van der Waals surface area contributed by atoms with Crippen molar-refractivity contribution in [2.24, 2.45) is 0 Å². The Bertz CT molecular complexity index is 438. The summed E-state index contributed by atoms with van der Waals surface area (Å²) in [5.41, 5.74) is -0.0714. The van der Waals surface area contributed by atoms with Crippen molar-refractivity contribution >= 4 is 11.6 Å². The second-order valence-electron chi connectivity index (χ2n) is 5.62. The molecule has 0 aromatic heterocycles. The molecule has 0 atom stereocenters. The number of hydrogen-bond acceptors (Lipinski definition) is 4. The van der Waals surface area contributed by atoms with E-state index in [1.165, 1.54) is 0 Å². The summed E-state index contributed by atoms with van der Waals surface area (Å²) < 4.78 is 5.35. The molecule has 0 saturated carbocycles. The Morgan fingerprint density at radius 2 is 1.90 bits per heavy atom. The van der Waals surface area contributed by atoms with Crippen molar-refractivity contribution < 1.29 is 14.6 Å². The number of hydrogen-bond donors (Lipinski definition) is 2. The van der Waals surface area contributed by atoms with Crippen LogP contribution in [0, 0.1) is 0 Å². The van der Waals surface area contributed by atoms with Crippen molar-refractivity contribution in [3.8, 4) is 5.75 Å². The third-order valence-electron chi connectivity index (χ3n) is 2.87. The standard InChI is InChI=1S/C16H26N2O3/c1-5-18(12-16(3,4)20)11-15(19)17-13-7-9-14(10-8-13)21-6-2/h7-10,20H,5-6,11-12H2,1-4H3,(H,17,19). The Labute approximate surface area is 126 Å². The van der Waals surface area contributed by atoms with Gasteiger partial charge < -0.3 is 15.2 Å². The van der Waals surface area contributed by atoms with Gasteiger partial charge in [0.05, 0.1) is 18.8 Å². The lowest BCUT2D eigenvalue weighted by Crippen LogP contribution is -2.42. The van der Waals surface area contributed by atoms with Crippen LogP contribution in [-0.4, -0.2) is 47.8 Å². The van der Waals surface area contributed by atoms with Crippen LogP contribution in [0.1, 0.15) is 27.7 Å². The molecule has 0 aliphatic heterocycles. The fourth-order valence-electron chi connectivity index (χ4n) is 2.03. The van der Waals surface area contributed by atoms with Gasteiger partial charge in [-0.25, -0.2) is 0 Å². The lowest BCUT2D eigenvalue weighted by atomic mass is 10.1. The number of carbonyl (C=O) groups is 1. The van der Waals surface area contributed by atoms with Gasteiger partial charge in [-0.15, -0.1) is 0 Å². The highest BCUT2D eigenvalue weighted by molar-refractivity contribution is 5.92. The number of ether oxygens (including phenoxy) is 1. The smallest absolute Gasteiger partial charge is 0.238 e. The average Bonchev–Trinajstić information content (AvgIpc) is 2.39. The largest absolute Gasteiger partial charge is 0.494 e. The molecule has 5 nitrogen and oxygen atoms in total. The number of likely N-dealkylation sites (N-methyl/N-ethyl adjacent to an activating group) is 1. The predicted octanol–water partition coefficient (Wildman–Crippen LogP) is 2.12. The number of carbonyl (C=O) groups excluding carboxylic acids is 1. The van der Waals surface area contributed by atoms with Gasteiger partial charge in [-0.2, -0.15) is 0 Å². The number of benzene rings is 1. The number of aliphatic hydroxyl groups is 1.